The molecule has 0 bridgehead atoms. The molecule has 0 atom stereocenters. The maximum Gasteiger partial charge on any atom is 0.222 e. The first-order valence-electron chi connectivity index (χ1n) is 5.90. The number of nitrogens with zero attached hydrogens (tertiary/aromatic N) is 2. The number of nitrogens with two attached hydrogens (primary N) is 1. The third-order valence-corrected chi connectivity index (χ3v) is 4.64. The van der Waals surface area contributed by atoms with Crippen LogP contribution in [0.5, 0.6) is 0 Å². The summed E-state index contributed by atoms with van der Waals surface area (Å²) in [6.07, 6.45) is 0. The molecule has 0 aliphatic carbocycles. The van der Waals surface area contributed by atoms with Gasteiger partial charge in [-0.2, -0.15) is 0 Å². The Morgan fingerprint density at radius 3 is 2.79 bits per heavy atom. The number of aryl methyl sites for hydroxylation is 2. The Balaban J connectivity index is 2.09. The highest BCUT2D eigenvalue weighted by molar-refractivity contribution is 7.99. The molecule has 1 aromatic carbocycles. The molecule has 19 heavy (non-hydrogen) atoms. The molecule has 2 aromatic heterocycles. The van der Waals surface area contributed by atoms with E-state index in [2.05, 4.69) is 54.1 Å². The molecule has 0 saturated carbocycles. The minimum absolute atomic E-state index is 0.338. The standard InChI is InChI=1S/C14H13N3S2/c1-8-4-3-5-10(6-8)19-13-11-7-9(2)18-12(11)16-14(15)17-13/h3-7H,1-2H3,(H2,15,16,17). The van der Waals surface area contributed by atoms with Crippen LogP contribution in [0.2, 0.25) is 0 Å². The first kappa shape index (κ1) is 12.4. The Bertz CT molecular complexity index is 750. The van der Waals surface area contributed by atoms with E-state index in [1.165, 1.54) is 15.3 Å². The summed E-state index contributed by atoms with van der Waals surface area (Å²) in [5.74, 6) is 0.338. The first-order chi connectivity index (χ1) is 9.11. The molecule has 0 saturated heterocycles. The fourth-order valence-electron chi connectivity index (χ4n) is 1.90. The number of fused-ring (bicyclic) bond motifs is 1. The second kappa shape index (κ2) is 4.83. The van der Waals surface area contributed by atoms with E-state index in [4.69, 9.17) is 5.73 Å². The van der Waals surface area contributed by atoms with Crippen molar-refractivity contribution in [2.75, 3.05) is 5.73 Å². The smallest absolute Gasteiger partial charge is 0.222 e. The molecule has 3 aromatic rings. The Morgan fingerprint density at radius 1 is 1.16 bits per heavy atom. The molecule has 0 aliphatic rings. The zero-order chi connectivity index (χ0) is 13.4. The zero-order valence-electron chi connectivity index (χ0n) is 10.7. The van der Waals surface area contributed by atoms with Gasteiger partial charge in [-0.1, -0.05) is 29.5 Å². The summed E-state index contributed by atoms with van der Waals surface area (Å²) in [6.45, 7) is 4.16. The van der Waals surface area contributed by atoms with Crippen molar-refractivity contribution in [3.63, 3.8) is 0 Å². The Hall–Kier alpha value is -1.59. The summed E-state index contributed by atoms with van der Waals surface area (Å²) in [6, 6.07) is 10.5. The fourth-order valence-corrected chi connectivity index (χ4v) is 3.87. The van der Waals surface area contributed by atoms with Gasteiger partial charge in [-0.25, -0.2) is 9.97 Å². The van der Waals surface area contributed by atoms with E-state index < -0.39 is 0 Å². The first-order valence-corrected chi connectivity index (χ1v) is 7.53. The van der Waals surface area contributed by atoms with E-state index in [1.807, 2.05) is 0 Å². The van der Waals surface area contributed by atoms with Gasteiger partial charge in [-0.15, -0.1) is 11.3 Å². The van der Waals surface area contributed by atoms with Gasteiger partial charge in [0.2, 0.25) is 5.95 Å². The summed E-state index contributed by atoms with van der Waals surface area (Å²) >= 11 is 3.28. The predicted molar refractivity (Wildman–Crippen MR) is 81.9 cm³/mol. The van der Waals surface area contributed by atoms with Crippen LogP contribution in [0.15, 0.2) is 40.3 Å². The van der Waals surface area contributed by atoms with Crippen LogP contribution in [0, 0.1) is 13.8 Å². The molecular weight excluding hydrogens is 274 g/mol. The Morgan fingerprint density at radius 2 is 2.00 bits per heavy atom. The van der Waals surface area contributed by atoms with Crippen LogP contribution in [0.3, 0.4) is 0 Å². The van der Waals surface area contributed by atoms with E-state index in [1.54, 1.807) is 23.1 Å². The third-order valence-electron chi connectivity index (χ3n) is 2.70. The van der Waals surface area contributed by atoms with Gasteiger partial charge >= 0.3 is 0 Å². The van der Waals surface area contributed by atoms with Crippen molar-refractivity contribution in [1.29, 1.82) is 0 Å². The van der Waals surface area contributed by atoms with Crippen molar-refractivity contribution < 1.29 is 0 Å². The van der Waals surface area contributed by atoms with Gasteiger partial charge in [0.25, 0.3) is 0 Å². The summed E-state index contributed by atoms with van der Waals surface area (Å²) < 4.78 is 0. The maximum absolute atomic E-state index is 5.79. The van der Waals surface area contributed by atoms with E-state index in [0.29, 0.717) is 5.95 Å². The maximum atomic E-state index is 5.79. The lowest BCUT2D eigenvalue weighted by Gasteiger charge is -2.04. The van der Waals surface area contributed by atoms with Gasteiger partial charge < -0.3 is 5.73 Å². The average molecular weight is 287 g/mol. The molecule has 0 spiro atoms. The molecule has 0 aliphatic heterocycles. The van der Waals surface area contributed by atoms with Crippen molar-refractivity contribution in [2.45, 2.75) is 23.8 Å². The van der Waals surface area contributed by atoms with E-state index >= 15 is 0 Å². The summed E-state index contributed by atoms with van der Waals surface area (Å²) in [7, 11) is 0. The topological polar surface area (TPSA) is 51.8 Å². The van der Waals surface area contributed by atoms with Crippen LogP contribution in [0.1, 0.15) is 10.4 Å². The molecule has 0 amide bonds. The lowest BCUT2D eigenvalue weighted by Crippen LogP contribution is -1.95. The van der Waals surface area contributed by atoms with Gasteiger partial charge in [-0.3, -0.25) is 0 Å². The third kappa shape index (κ3) is 2.57. The fraction of sp³-hybridized carbons (Fsp3) is 0.143. The highest BCUT2D eigenvalue weighted by atomic mass is 32.2. The van der Waals surface area contributed by atoms with Crippen LogP contribution < -0.4 is 5.73 Å². The van der Waals surface area contributed by atoms with E-state index in [-0.39, 0.29) is 0 Å². The van der Waals surface area contributed by atoms with Gasteiger partial charge in [0.15, 0.2) is 0 Å². The van der Waals surface area contributed by atoms with Gasteiger partial charge in [-0.05, 0) is 32.0 Å². The number of rotatable bonds is 2. The molecular formula is C14H13N3S2. The van der Waals surface area contributed by atoms with Crippen LogP contribution in [-0.4, -0.2) is 9.97 Å². The molecule has 2 N–H and O–H groups in total. The minimum Gasteiger partial charge on any atom is -0.368 e. The van der Waals surface area contributed by atoms with Crippen LogP contribution >= 0.6 is 23.1 Å². The minimum atomic E-state index is 0.338. The number of anilines is 1. The van der Waals surface area contributed by atoms with Gasteiger partial charge in [0.1, 0.15) is 9.86 Å². The lowest BCUT2D eigenvalue weighted by atomic mass is 10.2. The summed E-state index contributed by atoms with van der Waals surface area (Å²) in [5, 5.41) is 2.01. The van der Waals surface area contributed by atoms with Crippen molar-refractivity contribution >= 4 is 39.3 Å². The van der Waals surface area contributed by atoms with Crippen molar-refractivity contribution in [2.24, 2.45) is 0 Å². The second-order valence-electron chi connectivity index (χ2n) is 4.38. The highest BCUT2D eigenvalue weighted by Gasteiger charge is 2.10. The normalized spacial score (nSPS) is 11.1. The molecule has 0 fully saturated rings. The second-order valence-corrected chi connectivity index (χ2v) is 6.68. The van der Waals surface area contributed by atoms with Crippen molar-refractivity contribution in [3.8, 4) is 0 Å². The predicted octanol–water partition coefficient (Wildman–Crippen LogP) is 4.04. The number of aromatic nitrogens is 2. The quantitative estimate of drug-likeness (QED) is 0.723. The highest BCUT2D eigenvalue weighted by Crippen LogP contribution is 2.35. The number of nitrogen functional groups attached to an aromatic ring is 1. The molecule has 96 valence electrons. The zero-order valence-corrected chi connectivity index (χ0v) is 12.3. The SMILES string of the molecule is Cc1cccc(Sc2nc(N)nc3sc(C)cc23)c1. The van der Waals surface area contributed by atoms with Crippen molar-refractivity contribution in [1.82, 2.24) is 9.97 Å². The van der Waals surface area contributed by atoms with Crippen molar-refractivity contribution in [3.05, 3.63) is 40.8 Å². The Labute approximate surface area is 119 Å². The number of hydrogen-bond acceptors (Lipinski definition) is 5. The number of thiophene rings is 1. The summed E-state index contributed by atoms with van der Waals surface area (Å²) in [5.41, 5.74) is 7.03. The Kier molecular flexibility index (Phi) is 3.16. The molecule has 2 heterocycles. The van der Waals surface area contributed by atoms with E-state index in [9.17, 15) is 0 Å². The van der Waals surface area contributed by atoms with Crippen LogP contribution in [0.4, 0.5) is 5.95 Å². The summed E-state index contributed by atoms with van der Waals surface area (Å²) in [4.78, 5) is 12.0. The average Bonchev–Trinajstić information content (AvgIpc) is 2.69. The number of benzene rings is 1. The van der Waals surface area contributed by atoms with E-state index in [0.717, 1.165) is 15.2 Å². The van der Waals surface area contributed by atoms with Crippen LogP contribution in [0.25, 0.3) is 10.2 Å². The van der Waals surface area contributed by atoms with Gasteiger partial charge in [0, 0.05) is 15.2 Å². The lowest BCUT2D eigenvalue weighted by molar-refractivity contribution is 1.12. The molecule has 0 radical (unpaired) electrons. The van der Waals surface area contributed by atoms with Gasteiger partial charge in [0.05, 0.1) is 0 Å². The molecule has 3 nitrogen and oxygen atoms in total. The molecule has 0 unspecified atom stereocenters. The molecule has 5 heteroatoms. The number of hydrogen-bond donors (Lipinski definition) is 1. The largest absolute Gasteiger partial charge is 0.368 e. The monoisotopic (exact) mass is 287 g/mol. The van der Waals surface area contributed by atoms with Crippen LogP contribution in [-0.2, 0) is 0 Å². The molecule has 3 rings (SSSR count).